The fourth-order valence-corrected chi connectivity index (χ4v) is 1.77. The number of rotatable bonds is 4. The van der Waals surface area contributed by atoms with E-state index in [0.717, 1.165) is 11.3 Å². The van der Waals surface area contributed by atoms with Crippen LogP contribution in [0.2, 0.25) is 0 Å². The first-order valence-electron chi connectivity index (χ1n) is 5.22. The molecule has 2 nitrogen and oxygen atoms in total. The van der Waals surface area contributed by atoms with Crippen LogP contribution in [-0.4, -0.2) is 11.7 Å². The van der Waals surface area contributed by atoms with Gasteiger partial charge in [-0.15, -0.1) is 12.6 Å². The molecule has 1 rings (SSSR count). The first-order valence-corrected chi connectivity index (χ1v) is 5.67. The van der Waals surface area contributed by atoms with Crippen LogP contribution in [0.15, 0.2) is 23.1 Å². The van der Waals surface area contributed by atoms with Crippen LogP contribution >= 0.6 is 12.6 Å². The second-order valence-electron chi connectivity index (χ2n) is 4.28. The van der Waals surface area contributed by atoms with Gasteiger partial charge >= 0.3 is 0 Å². The monoisotopic (exact) mass is 225 g/mol. The summed E-state index contributed by atoms with van der Waals surface area (Å²) in [6.45, 7) is 4.48. The van der Waals surface area contributed by atoms with E-state index in [4.69, 9.17) is 5.73 Å². The highest BCUT2D eigenvalue weighted by Gasteiger charge is 2.13. The Morgan fingerprint density at radius 1 is 1.40 bits per heavy atom. The van der Waals surface area contributed by atoms with Crippen molar-refractivity contribution in [1.29, 1.82) is 0 Å². The van der Waals surface area contributed by atoms with Crippen molar-refractivity contribution in [1.82, 2.24) is 0 Å². The Hall–Kier alpha value is -0.670. The Balaban J connectivity index is 2.75. The Morgan fingerprint density at radius 2 is 2.07 bits per heavy atom. The molecule has 0 bridgehead atoms. The zero-order chi connectivity index (χ0) is 11.4. The summed E-state index contributed by atoms with van der Waals surface area (Å²) in [5.41, 5.74) is 7.57. The summed E-state index contributed by atoms with van der Waals surface area (Å²) in [6.07, 6.45) is 0.877. The summed E-state index contributed by atoms with van der Waals surface area (Å²) < 4.78 is 0. The van der Waals surface area contributed by atoms with Crippen LogP contribution in [0, 0.1) is 11.8 Å². The van der Waals surface area contributed by atoms with Gasteiger partial charge < -0.3 is 10.8 Å². The van der Waals surface area contributed by atoms with Crippen LogP contribution in [0.1, 0.15) is 19.4 Å². The Kier molecular flexibility index (Phi) is 4.48. The highest BCUT2D eigenvalue weighted by atomic mass is 32.1. The van der Waals surface area contributed by atoms with Gasteiger partial charge in [0, 0.05) is 17.2 Å². The smallest absolute Gasteiger partial charge is 0.0464 e. The first-order chi connectivity index (χ1) is 7.04. The molecule has 0 aliphatic carbocycles. The van der Waals surface area contributed by atoms with Crippen LogP contribution in [0.5, 0.6) is 0 Å². The van der Waals surface area contributed by atoms with Gasteiger partial charge in [-0.1, -0.05) is 19.9 Å². The molecule has 3 N–H and O–H groups in total. The van der Waals surface area contributed by atoms with E-state index in [0.29, 0.717) is 17.5 Å². The summed E-state index contributed by atoms with van der Waals surface area (Å²) in [7, 11) is 0. The van der Waals surface area contributed by atoms with Gasteiger partial charge in [0.1, 0.15) is 0 Å². The van der Waals surface area contributed by atoms with Crippen LogP contribution in [0.25, 0.3) is 0 Å². The molecule has 0 amide bonds. The van der Waals surface area contributed by atoms with E-state index in [1.165, 1.54) is 5.56 Å². The van der Waals surface area contributed by atoms with Crippen molar-refractivity contribution >= 4 is 18.3 Å². The van der Waals surface area contributed by atoms with Crippen molar-refractivity contribution < 1.29 is 5.11 Å². The normalized spacial score (nSPS) is 13.1. The maximum atomic E-state index is 9.24. The minimum Gasteiger partial charge on any atom is -0.398 e. The number of nitrogens with two attached hydrogens (primary N) is 1. The molecular weight excluding hydrogens is 206 g/mol. The van der Waals surface area contributed by atoms with Crippen LogP contribution in [0.3, 0.4) is 0 Å². The van der Waals surface area contributed by atoms with Crippen molar-refractivity contribution in [3.8, 4) is 0 Å². The standard InChI is InChI=1S/C12H19NOS/c1-8(2)10(7-14)5-9-3-4-11(13)12(15)6-9/h3-4,6,8,10,14-15H,5,7,13H2,1-2H3. The van der Waals surface area contributed by atoms with E-state index in [-0.39, 0.29) is 6.61 Å². The summed E-state index contributed by atoms with van der Waals surface area (Å²) in [6, 6.07) is 5.84. The maximum absolute atomic E-state index is 9.24. The number of thiol groups is 1. The molecule has 1 aromatic rings. The highest BCUT2D eigenvalue weighted by molar-refractivity contribution is 7.80. The lowest BCUT2D eigenvalue weighted by Crippen LogP contribution is -2.16. The van der Waals surface area contributed by atoms with Gasteiger partial charge in [-0.2, -0.15) is 0 Å². The largest absolute Gasteiger partial charge is 0.398 e. The Bertz CT molecular complexity index is 325. The zero-order valence-corrected chi connectivity index (χ0v) is 10.2. The van der Waals surface area contributed by atoms with Crippen LogP contribution in [-0.2, 0) is 6.42 Å². The second-order valence-corrected chi connectivity index (χ2v) is 4.77. The van der Waals surface area contributed by atoms with Gasteiger partial charge in [0.25, 0.3) is 0 Å². The Morgan fingerprint density at radius 3 is 2.53 bits per heavy atom. The summed E-state index contributed by atoms with van der Waals surface area (Å²) >= 11 is 4.28. The molecule has 0 radical (unpaired) electrons. The van der Waals surface area contributed by atoms with Crippen molar-refractivity contribution in [3.05, 3.63) is 23.8 Å². The van der Waals surface area contributed by atoms with Gasteiger partial charge in [0.2, 0.25) is 0 Å². The van der Waals surface area contributed by atoms with Crippen LogP contribution < -0.4 is 5.73 Å². The topological polar surface area (TPSA) is 46.2 Å². The Labute approximate surface area is 96.9 Å². The third-order valence-corrected chi connectivity index (χ3v) is 3.16. The molecule has 0 saturated heterocycles. The predicted octanol–water partition coefficient (Wildman–Crippen LogP) is 2.36. The van der Waals surface area contributed by atoms with E-state index in [1.54, 1.807) is 0 Å². The maximum Gasteiger partial charge on any atom is 0.0464 e. The van der Waals surface area contributed by atoms with E-state index in [2.05, 4.69) is 26.5 Å². The minimum atomic E-state index is 0.226. The molecule has 1 aromatic carbocycles. The summed E-state index contributed by atoms with van der Waals surface area (Å²) in [4.78, 5) is 0.813. The van der Waals surface area contributed by atoms with Gasteiger partial charge in [0.05, 0.1) is 0 Å². The highest BCUT2D eigenvalue weighted by Crippen LogP contribution is 2.22. The zero-order valence-electron chi connectivity index (χ0n) is 9.27. The SMILES string of the molecule is CC(C)C(CO)Cc1ccc(N)c(S)c1. The van der Waals surface area contributed by atoms with Crippen molar-refractivity contribution in [2.75, 3.05) is 12.3 Å². The lowest BCUT2D eigenvalue weighted by atomic mass is 9.90. The molecule has 0 aromatic heterocycles. The minimum absolute atomic E-state index is 0.226. The number of hydrogen-bond acceptors (Lipinski definition) is 3. The molecule has 84 valence electrons. The molecular formula is C12H19NOS. The molecule has 0 saturated carbocycles. The van der Waals surface area contributed by atoms with E-state index in [9.17, 15) is 5.11 Å². The first kappa shape index (κ1) is 12.4. The third kappa shape index (κ3) is 3.43. The average molecular weight is 225 g/mol. The molecule has 1 unspecified atom stereocenters. The average Bonchev–Trinajstić information content (AvgIpc) is 2.19. The van der Waals surface area contributed by atoms with Crippen molar-refractivity contribution in [3.63, 3.8) is 0 Å². The molecule has 0 aliphatic rings. The van der Waals surface area contributed by atoms with E-state index in [1.807, 2.05) is 18.2 Å². The van der Waals surface area contributed by atoms with E-state index < -0.39 is 0 Å². The molecule has 15 heavy (non-hydrogen) atoms. The fraction of sp³-hybridized carbons (Fsp3) is 0.500. The van der Waals surface area contributed by atoms with Gasteiger partial charge in [-0.25, -0.2) is 0 Å². The quantitative estimate of drug-likeness (QED) is 0.544. The van der Waals surface area contributed by atoms with Gasteiger partial charge in [0.15, 0.2) is 0 Å². The number of aliphatic hydroxyl groups excluding tert-OH is 1. The van der Waals surface area contributed by atoms with E-state index >= 15 is 0 Å². The number of aliphatic hydroxyl groups is 1. The molecule has 0 heterocycles. The number of nitrogen functional groups attached to an aromatic ring is 1. The number of benzene rings is 1. The predicted molar refractivity (Wildman–Crippen MR) is 67.2 cm³/mol. The summed E-state index contributed by atoms with van der Waals surface area (Å²) in [5, 5.41) is 9.24. The molecule has 3 heteroatoms. The van der Waals surface area contributed by atoms with Gasteiger partial charge in [-0.05, 0) is 36.0 Å². The lowest BCUT2D eigenvalue weighted by molar-refractivity contribution is 0.189. The third-order valence-electron chi connectivity index (χ3n) is 2.77. The number of hydrogen-bond donors (Lipinski definition) is 3. The lowest BCUT2D eigenvalue weighted by Gasteiger charge is -2.18. The van der Waals surface area contributed by atoms with Gasteiger partial charge in [-0.3, -0.25) is 0 Å². The second kappa shape index (κ2) is 5.42. The van der Waals surface area contributed by atoms with Crippen LogP contribution in [0.4, 0.5) is 5.69 Å². The number of anilines is 1. The molecule has 0 fully saturated rings. The van der Waals surface area contributed by atoms with Crippen molar-refractivity contribution in [2.45, 2.75) is 25.2 Å². The summed E-state index contributed by atoms with van der Waals surface area (Å²) in [5.74, 6) is 0.789. The molecule has 0 aliphatic heterocycles. The fourth-order valence-electron chi connectivity index (χ4n) is 1.53. The van der Waals surface area contributed by atoms with Crippen molar-refractivity contribution in [2.24, 2.45) is 11.8 Å². The molecule has 0 spiro atoms. The molecule has 1 atom stereocenters.